The fraction of sp³-hybridized carbons (Fsp3) is 0.688. The molecule has 1 aromatic rings. The fourth-order valence-electron chi connectivity index (χ4n) is 2.56. The SMILES string of the molecule is CCC(C)c1ccc(N2CCOC(CN(C)C)C2)cn1. The maximum atomic E-state index is 5.82. The lowest BCUT2D eigenvalue weighted by atomic mass is 10.0. The van der Waals surface area contributed by atoms with E-state index in [0.717, 1.165) is 32.7 Å². The number of nitrogens with zero attached hydrogens (tertiary/aromatic N) is 3. The zero-order valence-corrected chi connectivity index (χ0v) is 13.2. The minimum Gasteiger partial charge on any atom is -0.373 e. The molecule has 2 rings (SSSR count). The molecule has 1 fully saturated rings. The Bertz CT molecular complexity index is 405. The van der Waals surface area contributed by atoms with Crippen molar-refractivity contribution in [1.29, 1.82) is 0 Å². The van der Waals surface area contributed by atoms with E-state index < -0.39 is 0 Å². The van der Waals surface area contributed by atoms with Gasteiger partial charge in [0.05, 0.1) is 24.6 Å². The summed E-state index contributed by atoms with van der Waals surface area (Å²) in [6.45, 7) is 8.09. The molecule has 0 aliphatic carbocycles. The Morgan fingerprint density at radius 1 is 1.45 bits per heavy atom. The van der Waals surface area contributed by atoms with Crippen LogP contribution in [0.15, 0.2) is 18.3 Å². The first-order valence-corrected chi connectivity index (χ1v) is 7.57. The van der Waals surface area contributed by atoms with Gasteiger partial charge in [0.25, 0.3) is 0 Å². The first kappa shape index (κ1) is 15.3. The lowest BCUT2D eigenvalue weighted by Crippen LogP contribution is -2.46. The largest absolute Gasteiger partial charge is 0.373 e. The molecule has 0 spiro atoms. The number of hydrogen-bond donors (Lipinski definition) is 0. The summed E-state index contributed by atoms with van der Waals surface area (Å²) in [7, 11) is 4.18. The van der Waals surface area contributed by atoms with E-state index in [1.54, 1.807) is 0 Å². The second-order valence-electron chi connectivity index (χ2n) is 5.95. The van der Waals surface area contributed by atoms with E-state index in [1.165, 1.54) is 11.4 Å². The number of likely N-dealkylation sites (N-methyl/N-ethyl adjacent to an activating group) is 1. The normalized spacial score (nSPS) is 21.2. The fourth-order valence-corrected chi connectivity index (χ4v) is 2.56. The summed E-state index contributed by atoms with van der Waals surface area (Å²) in [5.74, 6) is 0.537. The summed E-state index contributed by atoms with van der Waals surface area (Å²) >= 11 is 0. The van der Waals surface area contributed by atoms with Crippen molar-refractivity contribution in [2.24, 2.45) is 0 Å². The first-order chi connectivity index (χ1) is 9.60. The van der Waals surface area contributed by atoms with Crippen LogP contribution >= 0.6 is 0 Å². The smallest absolute Gasteiger partial charge is 0.0877 e. The van der Waals surface area contributed by atoms with Gasteiger partial charge in [-0.1, -0.05) is 13.8 Å². The van der Waals surface area contributed by atoms with Crippen molar-refractivity contribution in [3.63, 3.8) is 0 Å². The first-order valence-electron chi connectivity index (χ1n) is 7.57. The molecule has 2 heterocycles. The van der Waals surface area contributed by atoms with Crippen LogP contribution in [0.4, 0.5) is 5.69 Å². The molecule has 1 aliphatic heterocycles. The number of pyridine rings is 1. The number of anilines is 1. The average molecular weight is 277 g/mol. The highest BCUT2D eigenvalue weighted by molar-refractivity contribution is 5.45. The van der Waals surface area contributed by atoms with Gasteiger partial charge in [-0.05, 0) is 38.6 Å². The van der Waals surface area contributed by atoms with Crippen LogP contribution < -0.4 is 4.90 Å². The number of rotatable bonds is 5. The van der Waals surface area contributed by atoms with E-state index in [2.05, 4.69) is 54.9 Å². The molecule has 2 atom stereocenters. The predicted molar refractivity (Wildman–Crippen MR) is 83.5 cm³/mol. The number of ether oxygens (including phenoxy) is 1. The molecule has 0 saturated carbocycles. The van der Waals surface area contributed by atoms with Gasteiger partial charge in [-0.15, -0.1) is 0 Å². The monoisotopic (exact) mass is 277 g/mol. The van der Waals surface area contributed by atoms with Crippen LogP contribution in [0.5, 0.6) is 0 Å². The summed E-state index contributed by atoms with van der Waals surface area (Å²) in [4.78, 5) is 9.18. The molecule has 0 aromatic carbocycles. The Morgan fingerprint density at radius 2 is 2.25 bits per heavy atom. The van der Waals surface area contributed by atoms with Gasteiger partial charge in [0.1, 0.15) is 0 Å². The van der Waals surface area contributed by atoms with Gasteiger partial charge in [0.2, 0.25) is 0 Å². The van der Waals surface area contributed by atoms with Crippen molar-refractivity contribution in [2.45, 2.75) is 32.3 Å². The van der Waals surface area contributed by atoms with Crippen molar-refractivity contribution >= 4 is 5.69 Å². The van der Waals surface area contributed by atoms with Crippen molar-refractivity contribution < 1.29 is 4.74 Å². The third kappa shape index (κ3) is 3.93. The summed E-state index contributed by atoms with van der Waals surface area (Å²) < 4.78 is 5.82. The minimum absolute atomic E-state index is 0.285. The van der Waals surface area contributed by atoms with Crippen LogP contribution in [-0.4, -0.2) is 56.3 Å². The average Bonchev–Trinajstić information content (AvgIpc) is 2.46. The van der Waals surface area contributed by atoms with E-state index >= 15 is 0 Å². The molecule has 0 amide bonds. The molecular weight excluding hydrogens is 250 g/mol. The zero-order chi connectivity index (χ0) is 14.5. The predicted octanol–water partition coefficient (Wildman–Crippen LogP) is 2.36. The second kappa shape index (κ2) is 7.04. The molecule has 1 saturated heterocycles. The van der Waals surface area contributed by atoms with Crippen molar-refractivity contribution in [3.8, 4) is 0 Å². The Kier molecular flexibility index (Phi) is 5.38. The Labute approximate surface area is 122 Å². The molecule has 0 N–H and O–H groups in total. The lowest BCUT2D eigenvalue weighted by Gasteiger charge is -2.35. The maximum Gasteiger partial charge on any atom is 0.0877 e. The standard InChI is InChI=1S/C16H27N3O/c1-5-13(2)16-7-6-14(10-17-16)19-8-9-20-15(12-19)11-18(3)4/h6-7,10,13,15H,5,8-9,11-12H2,1-4H3. The van der Waals surface area contributed by atoms with E-state index in [-0.39, 0.29) is 6.10 Å². The summed E-state index contributed by atoms with van der Waals surface area (Å²) in [5.41, 5.74) is 2.40. The van der Waals surface area contributed by atoms with Gasteiger partial charge in [0.15, 0.2) is 0 Å². The van der Waals surface area contributed by atoms with Crippen molar-refractivity contribution in [3.05, 3.63) is 24.0 Å². The summed E-state index contributed by atoms with van der Waals surface area (Å²) in [5, 5.41) is 0. The zero-order valence-electron chi connectivity index (χ0n) is 13.2. The molecule has 0 radical (unpaired) electrons. The van der Waals surface area contributed by atoms with E-state index in [0.29, 0.717) is 5.92 Å². The number of morpholine rings is 1. The Balaban J connectivity index is 2.00. The topological polar surface area (TPSA) is 28.6 Å². The van der Waals surface area contributed by atoms with E-state index in [1.807, 2.05) is 6.20 Å². The second-order valence-corrected chi connectivity index (χ2v) is 5.95. The van der Waals surface area contributed by atoms with Crippen LogP contribution in [0.25, 0.3) is 0 Å². The Hall–Kier alpha value is -1.13. The van der Waals surface area contributed by atoms with Crippen LogP contribution in [-0.2, 0) is 4.74 Å². The van der Waals surface area contributed by atoms with Crippen LogP contribution in [0.1, 0.15) is 31.9 Å². The van der Waals surface area contributed by atoms with Crippen molar-refractivity contribution in [1.82, 2.24) is 9.88 Å². The third-order valence-electron chi connectivity index (χ3n) is 3.96. The van der Waals surface area contributed by atoms with E-state index in [9.17, 15) is 0 Å². The highest BCUT2D eigenvalue weighted by Crippen LogP contribution is 2.21. The molecule has 20 heavy (non-hydrogen) atoms. The van der Waals surface area contributed by atoms with Crippen molar-refractivity contribution in [2.75, 3.05) is 45.2 Å². The van der Waals surface area contributed by atoms with Gasteiger partial charge in [-0.25, -0.2) is 0 Å². The molecular formula is C16H27N3O. The molecule has 4 heteroatoms. The molecule has 2 unspecified atom stereocenters. The van der Waals surface area contributed by atoms with Crippen LogP contribution in [0, 0.1) is 0 Å². The quantitative estimate of drug-likeness (QED) is 0.826. The summed E-state index contributed by atoms with van der Waals surface area (Å²) in [6.07, 6.45) is 3.43. The molecule has 1 aliphatic rings. The lowest BCUT2D eigenvalue weighted by molar-refractivity contribution is 0.0247. The highest BCUT2D eigenvalue weighted by atomic mass is 16.5. The van der Waals surface area contributed by atoms with E-state index in [4.69, 9.17) is 4.74 Å². The minimum atomic E-state index is 0.285. The maximum absolute atomic E-state index is 5.82. The molecule has 1 aromatic heterocycles. The number of aromatic nitrogens is 1. The third-order valence-corrected chi connectivity index (χ3v) is 3.96. The van der Waals surface area contributed by atoms with Crippen LogP contribution in [0.2, 0.25) is 0 Å². The number of hydrogen-bond acceptors (Lipinski definition) is 4. The van der Waals surface area contributed by atoms with Gasteiger partial charge < -0.3 is 14.5 Å². The van der Waals surface area contributed by atoms with Gasteiger partial charge in [0, 0.05) is 25.3 Å². The highest BCUT2D eigenvalue weighted by Gasteiger charge is 2.21. The molecule has 112 valence electrons. The summed E-state index contributed by atoms with van der Waals surface area (Å²) in [6, 6.07) is 4.37. The van der Waals surface area contributed by atoms with Gasteiger partial charge >= 0.3 is 0 Å². The van der Waals surface area contributed by atoms with Gasteiger partial charge in [-0.3, -0.25) is 4.98 Å². The Morgan fingerprint density at radius 3 is 2.85 bits per heavy atom. The van der Waals surface area contributed by atoms with Gasteiger partial charge in [-0.2, -0.15) is 0 Å². The van der Waals surface area contributed by atoms with Crippen LogP contribution in [0.3, 0.4) is 0 Å². The molecule has 0 bridgehead atoms. The molecule has 4 nitrogen and oxygen atoms in total.